The van der Waals surface area contributed by atoms with Crippen molar-refractivity contribution in [3.8, 4) is 39.1 Å². The van der Waals surface area contributed by atoms with E-state index in [1.165, 1.54) is 90.2 Å². The molecule has 2 nitrogen and oxygen atoms in total. The highest BCUT2D eigenvalue weighted by Crippen LogP contribution is 2.51. The number of thiophene rings is 2. The van der Waals surface area contributed by atoms with E-state index >= 15 is 0 Å². The van der Waals surface area contributed by atoms with Crippen LogP contribution in [0.15, 0.2) is 231 Å². The molecular weight excluding hydrogens is 813 g/mol. The van der Waals surface area contributed by atoms with E-state index in [1.54, 1.807) is 0 Å². The van der Waals surface area contributed by atoms with Crippen LogP contribution in [0.4, 0.5) is 17.1 Å². The van der Waals surface area contributed by atoms with Crippen LogP contribution in [0.25, 0.3) is 101 Å². The van der Waals surface area contributed by atoms with Crippen molar-refractivity contribution in [1.29, 1.82) is 0 Å². The van der Waals surface area contributed by atoms with E-state index in [4.69, 9.17) is 0 Å². The molecule has 0 saturated heterocycles. The SMILES string of the molecule is c1ccc(-c2ccccc2N(c2ccccc2)c2cccc3c2c2ccccc2n3-c2c(-c3cccc4c3sc3ccccc34)cccc2-c2cccc3c2sc2ccccc23)cc1. The molecule has 0 fully saturated rings. The van der Waals surface area contributed by atoms with Gasteiger partial charge in [-0.25, -0.2) is 0 Å². The number of hydrogen-bond acceptors (Lipinski definition) is 3. The number of fused-ring (bicyclic) bond motifs is 9. The molecule has 300 valence electrons. The molecule has 13 rings (SSSR count). The number of hydrogen-bond donors (Lipinski definition) is 0. The zero-order valence-electron chi connectivity index (χ0n) is 34.7. The minimum atomic E-state index is 1.10. The highest BCUT2D eigenvalue weighted by molar-refractivity contribution is 7.26. The molecule has 0 aliphatic heterocycles. The maximum Gasteiger partial charge on any atom is 0.0619 e. The minimum absolute atomic E-state index is 1.10. The topological polar surface area (TPSA) is 8.17 Å². The first-order valence-corrected chi connectivity index (χ1v) is 23.4. The van der Waals surface area contributed by atoms with Crippen LogP contribution in [0.5, 0.6) is 0 Å². The molecule has 0 bridgehead atoms. The second-order valence-electron chi connectivity index (χ2n) is 16.3. The van der Waals surface area contributed by atoms with Crippen LogP contribution >= 0.6 is 22.7 Å². The van der Waals surface area contributed by atoms with Crippen molar-refractivity contribution in [2.24, 2.45) is 0 Å². The van der Waals surface area contributed by atoms with Gasteiger partial charge in [-0.15, -0.1) is 22.7 Å². The minimum Gasteiger partial charge on any atom is -0.309 e. The van der Waals surface area contributed by atoms with Crippen LogP contribution in [-0.4, -0.2) is 4.57 Å². The van der Waals surface area contributed by atoms with Crippen LogP contribution in [0.1, 0.15) is 0 Å². The van der Waals surface area contributed by atoms with E-state index in [-0.39, 0.29) is 0 Å². The fourth-order valence-electron chi connectivity index (χ4n) is 10.1. The van der Waals surface area contributed by atoms with Gasteiger partial charge in [-0.05, 0) is 54.1 Å². The number of rotatable bonds is 7. The average Bonchev–Trinajstić information content (AvgIpc) is 4.05. The normalized spacial score (nSPS) is 11.8. The summed E-state index contributed by atoms with van der Waals surface area (Å²) in [6.07, 6.45) is 0. The van der Waals surface area contributed by atoms with Gasteiger partial charge in [0.1, 0.15) is 0 Å². The highest BCUT2D eigenvalue weighted by Gasteiger charge is 2.26. The summed E-state index contributed by atoms with van der Waals surface area (Å²) >= 11 is 3.78. The zero-order valence-corrected chi connectivity index (χ0v) is 36.3. The largest absolute Gasteiger partial charge is 0.309 e. The third-order valence-electron chi connectivity index (χ3n) is 12.8. The van der Waals surface area contributed by atoms with Crippen LogP contribution in [0.3, 0.4) is 0 Å². The lowest BCUT2D eigenvalue weighted by atomic mass is 9.94. The van der Waals surface area contributed by atoms with Crippen molar-refractivity contribution in [2.45, 2.75) is 0 Å². The van der Waals surface area contributed by atoms with Crippen LogP contribution < -0.4 is 4.90 Å². The molecule has 0 aliphatic rings. The zero-order chi connectivity index (χ0) is 42.1. The highest BCUT2D eigenvalue weighted by atomic mass is 32.1. The molecule has 4 heteroatoms. The third-order valence-corrected chi connectivity index (χ3v) is 15.2. The van der Waals surface area contributed by atoms with Crippen LogP contribution in [0, 0.1) is 0 Å². The number of para-hydroxylation sites is 4. The molecule has 3 heterocycles. The molecule has 13 aromatic rings. The molecular formula is C60H38N2S2. The molecule has 0 aliphatic carbocycles. The van der Waals surface area contributed by atoms with Gasteiger partial charge in [0, 0.05) is 84.6 Å². The Hall–Kier alpha value is -7.76. The summed E-state index contributed by atoms with van der Waals surface area (Å²) in [5.41, 5.74) is 14.1. The van der Waals surface area contributed by atoms with E-state index in [0.29, 0.717) is 0 Å². The summed E-state index contributed by atoms with van der Waals surface area (Å²) in [6, 6.07) is 84.6. The summed E-state index contributed by atoms with van der Waals surface area (Å²) in [4.78, 5) is 2.46. The molecule has 0 N–H and O–H groups in total. The summed E-state index contributed by atoms with van der Waals surface area (Å²) in [5, 5.41) is 7.59. The van der Waals surface area contributed by atoms with Gasteiger partial charge in [0.25, 0.3) is 0 Å². The van der Waals surface area contributed by atoms with Gasteiger partial charge in [0.05, 0.1) is 28.1 Å². The second kappa shape index (κ2) is 15.0. The Morgan fingerprint density at radius 3 is 1.44 bits per heavy atom. The maximum atomic E-state index is 2.57. The van der Waals surface area contributed by atoms with Gasteiger partial charge >= 0.3 is 0 Å². The lowest BCUT2D eigenvalue weighted by Crippen LogP contribution is -2.11. The number of anilines is 3. The quantitative estimate of drug-likeness (QED) is 0.155. The molecule has 0 atom stereocenters. The molecule has 0 radical (unpaired) electrons. The van der Waals surface area contributed by atoms with Crippen molar-refractivity contribution < 1.29 is 0 Å². The van der Waals surface area contributed by atoms with Crippen LogP contribution in [-0.2, 0) is 0 Å². The summed E-state index contributed by atoms with van der Waals surface area (Å²) in [7, 11) is 0. The molecule has 0 spiro atoms. The van der Waals surface area contributed by atoms with Crippen molar-refractivity contribution in [2.75, 3.05) is 4.90 Å². The lowest BCUT2D eigenvalue weighted by Gasteiger charge is -2.28. The molecule has 3 aromatic heterocycles. The van der Waals surface area contributed by atoms with Crippen molar-refractivity contribution >= 4 is 102 Å². The first-order valence-electron chi connectivity index (χ1n) is 21.8. The van der Waals surface area contributed by atoms with Gasteiger partial charge in [0.15, 0.2) is 0 Å². The van der Waals surface area contributed by atoms with E-state index in [0.717, 1.165) is 28.1 Å². The molecule has 0 amide bonds. The van der Waals surface area contributed by atoms with Gasteiger partial charge in [-0.3, -0.25) is 0 Å². The predicted octanol–water partition coefficient (Wildman–Crippen LogP) is 18.0. The Bertz CT molecular complexity index is 3780. The van der Waals surface area contributed by atoms with E-state index in [1.807, 2.05) is 22.7 Å². The second-order valence-corrected chi connectivity index (χ2v) is 18.4. The van der Waals surface area contributed by atoms with E-state index in [2.05, 4.69) is 240 Å². The summed E-state index contributed by atoms with van der Waals surface area (Å²) < 4.78 is 7.78. The fraction of sp³-hybridized carbons (Fsp3) is 0. The van der Waals surface area contributed by atoms with Gasteiger partial charge in [-0.1, -0.05) is 182 Å². The fourth-order valence-corrected chi connectivity index (χ4v) is 12.5. The van der Waals surface area contributed by atoms with E-state index < -0.39 is 0 Å². The predicted molar refractivity (Wildman–Crippen MR) is 278 cm³/mol. The van der Waals surface area contributed by atoms with Crippen molar-refractivity contribution in [3.05, 3.63) is 231 Å². The molecule has 10 aromatic carbocycles. The summed E-state index contributed by atoms with van der Waals surface area (Å²) in [6.45, 7) is 0. The summed E-state index contributed by atoms with van der Waals surface area (Å²) in [5.74, 6) is 0. The third kappa shape index (κ3) is 5.70. The number of nitrogens with zero attached hydrogens (tertiary/aromatic N) is 2. The first kappa shape index (κ1) is 36.9. The Labute approximate surface area is 378 Å². The maximum absolute atomic E-state index is 2.57. The number of aromatic nitrogens is 1. The van der Waals surface area contributed by atoms with Gasteiger partial charge in [0.2, 0.25) is 0 Å². The molecule has 0 unspecified atom stereocenters. The molecule has 0 saturated carbocycles. The smallest absolute Gasteiger partial charge is 0.0619 e. The Balaban J connectivity index is 1.16. The van der Waals surface area contributed by atoms with Gasteiger partial charge in [-0.2, -0.15) is 0 Å². The van der Waals surface area contributed by atoms with Crippen molar-refractivity contribution in [3.63, 3.8) is 0 Å². The lowest BCUT2D eigenvalue weighted by molar-refractivity contribution is 1.18. The molecule has 64 heavy (non-hydrogen) atoms. The average molecular weight is 851 g/mol. The Morgan fingerprint density at radius 2 is 0.766 bits per heavy atom. The standard InChI is InChI=1S/C60H38N2S2/c1-3-19-39(20-4-1)41-23-7-11-33-51(41)61(40-21-5-2-6-22-40)53-35-18-36-54-57(53)50-26-8-12-34-52(50)62(54)58-44(48-31-16-29-46-42-24-9-13-37-55(42)63-59(46)48)27-15-28-45(58)49-32-17-30-47-43-25-10-14-38-56(43)64-60(47)49/h1-38H. The Morgan fingerprint density at radius 1 is 0.312 bits per heavy atom. The van der Waals surface area contributed by atoms with Gasteiger partial charge < -0.3 is 9.47 Å². The van der Waals surface area contributed by atoms with Crippen LogP contribution in [0.2, 0.25) is 0 Å². The monoisotopic (exact) mass is 850 g/mol. The van der Waals surface area contributed by atoms with Crippen molar-refractivity contribution in [1.82, 2.24) is 4.57 Å². The first-order chi connectivity index (χ1) is 31.8. The number of benzene rings is 10. The van der Waals surface area contributed by atoms with E-state index in [9.17, 15) is 0 Å². The Kier molecular flexibility index (Phi) is 8.61.